The van der Waals surface area contributed by atoms with Gasteiger partial charge in [-0.1, -0.05) is 12.1 Å². The van der Waals surface area contributed by atoms with Crippen molar-refractivity contribution in [2.75, 3.05) is 33.0 Å². The summed E-state index contributed by atoms with van der Waals surface area (Å²) in [5, 5.41) is 0. The molecule has 0 saturated carbocycles. The normalized spacial score (nSPS) is 18.9. The molecule has 1 aliphatic rings. The third-order valence-corrected chi connectivity index (χ3v) is 4.64. The maximum absolute atomic E-state index is 12.6. The molecule has 1 aromatic carbocycles. The molecule has 1 amide bonds. The van der Waals surface area contributed by atoms with Gasteiger partial charge in [-0.15, -0.1) is 0 Å². The second kappa shape index (κ2) is 7.90. The van der Waals surface area contributed by atoms with E-state index in [0.29, 0.717) is 31.8 Å². The van der Waals surface area contributed by atoms with Gasteiger partial charge in [-0.05, 0) is 36.5 Å². The Bertz CT molecular complexity index is 628. The molecule has 1 unspecified atom stereocenters. The van der Waals surface area contributed by atoms with Gasteiger partial charge in [0.15, 0.2) is 0 Å². The number of sulfonamides is 1. The molecule has 0 aliphatic carbocycles. The molecule has 1 heterocycles. The highest BCUT2D eigenvalue weighted by molar-refractivity contribution is 7.88. The number of amides is 1. The van der Waals surface area contributed by atoms with Crippen molar-refractivity contribution in [3.63, 3.8) is 0 Å². The summed E-state index contributed by atoms with van der Waals surface area (Å²) < 4.78 is 30.0. The number of carbonyl (C=O) groups excluding carboxylic acids is 1. The molecular formula is C16H24N2O4S. The zero-order valence-electron chi connectivity index (χ0n) is 13.6. The Kier molecular flexibility index (Phi) is 6.15. The number of benzene rings is 1. The van der Waals surface area contributed by atoms with Gasteiger partial charge in [0.05, 0.1) is 12.9 Å². The van der Waals surface area contributed by atoms with Crippen LogP contribution in [0.1, 0.15) is 28.8 Å². The quantitative estimate of drug-likeness (QED) is 0.845. The first-order valence-electron chi connectivity index (χ1n) is 7.71. The van der Waals surface area contributed by atoms with Gasteiger partial charge in [0.1, 0.15) is 0 Å². The predicted molar refractivity (Wildman–Crippen MR) is 88.6 cm³/mol. The minimum atomic E-state index is -3.19. The van der Waals surface area contributed by atoms with Crippen LogP contribution in [0.5, 0.6) is 0 Å². The average molecular weight is 340 g/mol. The summed E-state index contributed by atoms with van der Waals surface area (Å²) in [5.74, 6) is 0.160. The van der Waals surface area contributed by atoms with E-state index in [9.17, 15) is 13.2 Å². The Morgan fingerprint density at radius 2 is 2.04 bits per heavy atom. The summed E-state index contributed by atoms with van der Waals surface area (Å²) >= 11 is 0. The monoisotopic (exact) mass is 340 g/mol. The summed E-state index contributed by atoms with van der Waals surface area (Å²) in [5.41, 5.74) is 1.68. The van der Waals surface area contributed by atoms with Crippen molar-refractivity contribution in [1.29, 1.82) is 0 Å². The van der Waals surface area contributed by atoms with Gasteiger partial charge in [0, 0.05) is 32.3 Å². The first-order chi connectivity index (χ1) is 10.9. The van der Waals surface area contributed by atoms with Gasteiger partial charge in [-0.25, -0.2) is 13.1 Å². The van der Waals surface area contributed by atoms with Crippen LogP contribution in [0.15, 0.2) is 24.3 Å². The average Bonchev–Trinajstić information content (AvgIpc) is 2.53. The summed E-state index contributed by atoms with van der Waals surface area (Å²) in [6, 6.07) is 7.41. The van der Waals surface area contributed by atoms with E-state index < -0.39 is 10.0 Å². The Balaban J connectivity index is 1.95. The highest BCUT2D eigenvalue weighted by Crippen LogP contribution is 2.18. The molecule has 1 aromatic rings. The number of nitrogens with zero attached hydrogens (tertiary/aromatic N) is 1. The van der Waals surface area contributed by atoms with Crippen molar-refractivity contribution in [3.05, 3.63) is 35.4 Å². The Hall–Kier alpha value is -1.44. The van der Waals surface area contributed by atoms with E-state index in [4.69, 9.17) is 4.74 Å². The SMILES string of the molecule is COCc1ccc(C(=O)N2CCCC(CNS(C)(=O)=O)C2)cc1. The fourth-order valence-corrected chi connectivity index (χ4v) is 3.32. The van der Waals surface area contributed by atoms with Crippen molar-refractivity contribution in [2.24, 2.45) is 5.92 Å². The van der Waals surface area contributed by atoms with Crippen molar-refractivity contribution in [1.82, 2.24) is 9.62 Å². The Morgan fingerprint density at radius 1 is 1.35 bits per heavy atom. The summed E-state index contributed by atoms with van der Waals surface area (Å²) in [4.78, 5) is 14.4. The van der Waals surface area contributed by atoms with Gasteiger partial charge in [-0.3, -0.25) is 4.79 Å². The highest BCUT2D eigenvalue weighted by atomic mass is 32.2. The van der Waals surface area contributed by atoms with Crippen LogP contribution in [-0.4, -0.2) is 52.2 Å². The maximum atomic E-state index is 12.6. The summed E-state index contributed by atoms with van der Waals surface area (Å²) in [6.07, 6.45) is 2.98. The molecule has 1 N–H and O–H groups in total. The topological polar surface area (TPSA) is 75.7 Å². The number of hydrogen-bond donors (Lipinski definition) is 1. The number of nitrogens with one attached hydrogen (secondary N) is 1. The van der Waals surface area contributed by atoms with E-state index in [1.165, 1.54) is 0 Å². The van der Waals surface area contributed by atoms with E-state index in [-0.39, 0.29) is 11.8 Å². The number of piperidine rings is 1. The number of rotatable bonds is 6. The third kappa shape index (κ3) is 5.60. The number of carbonyl (C=O) groups is 1. The zero-order valence-corrected chi connectivity index (χ0v) is 14.4. The molecule has 0 radical (unpaired) electrons. The van der Waals surface area contributed by atoms with E-state index in [0.717, 1.165) is 24.7 Å². The largest absolute Gasteiger partial charge is 0.380 e. The van der Waals surface area contributed by atoms with Crippen molar-refractivity contribution in [3.8, 4) is 0 Å². The Morgan fingerprint density at radius 3 is 2.65 bits per heavy atom. The predicted octanol–water partition coefficient (Wildman–Crippen LogP) is 1.23. The molecule has 1 saturated heterocycles. The second-order valence-electron chi connectivity index (χ2n) is 6.01. The molecule has 7 heteroatoms. The van der Waals surface area contributed by atoms with Crippen LogP contribution in [-0.2, 0) is 21.4 Å². The fourth-order valence-electron chi connectivity index (χ4n) is 2.78. The van der Waals surface area contributed by atoms with Crippen LogP contribution < -0.4 is 4.72 Å². The minimum Gasteiger partial charge on any atom is -0.380 e. The molecule has 1 fully saturated rings. The van der Waals surface area contributed by atoms with E-state index in [1.807, 2.05) is 29.2 Å². The van der Waals surface area contributed by atoms with Crippen LogP contribution in [0.4, 0.5) is 0 Å². The Labute approximate surface area is 137 Å². The van der Waals surface area contributed by atoms with Crippen LogP contribution in [0.2, 0.25) is 0 Å². The minimum absolute atomic E-state index is 0.00183. The van der Waals surface area contributed by atoms with Gasteiger partial charge in [0.2, 0.25) is 10.0 Å². The fraction of sp³-hybridized carbons (Fsp3) is 0.562. The lowest BCUT2D eigenvalue weighted by Crippen LogP contribution is -2.43. The smallest absolute Gasteiger partial charge is 0.253 e. The number of hydrogen-bond acceptors (Lipinski definition) is 4. The first-order valence-corrected chi connectivity index (χ1v) is 9.60. The van der Waals surface area contributed by atoms with Crippen LogP contribution in [0.3, 0.4) is 0 Å². The lowest BCUT2D eigenvalue weighted by molar-refractivity contribution is 0.0676. The van der Waals surface area contributed by atoms with Gasteiger partial charge >= 0.3 is 0 Å². The third-order valence-electron chi connectivity index (χ3n) is 3.95. The van der Waals surface area contributed by atoms with Crippen LogP contribution in [0, 0.1) is 5.92 Å². The summed E-state index contributed by atoms with van der Waals surface area (Å²) in [6.45, 7) is 2.21. The lowest BCUT2D eigenvalue weighted by Gasteiger charge is -2.32. The van der Waals surface area contributed by atoms with Crippen LogP contribution >= 0.6 is 0 Å². The molecule has 1 aliphatic heterocycles. The maximum Gasteiger partial charge on any atom is 0.253 e. The van der Waals surface area contributed by atoms with Gasteiger partial charge in [-0.2, -0.15) is 0 Å². The molecule has 0 spiro atoms. The zero-order chi connectivity index (χ0) is 16.9. The molecule has 0 bridgehead atoms. The second-order valence-corrected chi connectivity index (χ2v) is 7.84. The van der Waals surface area contributed by atoms with Crippen molar-refractivity contribution >= 4 is 15.9 Å². The van der Waals surface area contributed by atoms with Gasteiger partial charge in [0.25, 0.3) is 5.91 Å². The molecule has 0 aromatic heterocycles. The molecule has 2 rings (SSSR count). The van der Waals surface area contributed by atoms with E-state index in [1.54, 1.807) is 7.11 Å². The molecule has 6 nitrogen and oxygen atoms in total. The summed E-state index contributed by atoms with van der Waals surface area (Å²) in [7, 11) is -1.55. The van der Waals surface area contributed by atoms with Crippen molar-refractivity contribution < 1.29 is 17.9 Å². The number of likely N-dealkylation sites (tertiary alicyclic amines) is 1. The molecular weight excluding hydrogens is 316 g/mol. The van der Waals surface area contributed by atoms with E-state index >= 15 is 0 Å². The molecule has 128 valence electrons. The number of methoxy groups -OCH3 is 1. The van der Waals surface area contributed by atoms with E-state index in [2.05, 4.69) is 4.72 Å². The van der Waals surface area contributed by atoms with Gasteiger partial charge < -0.3 is 9.64 Å². The standard InChI is InChI=1S/C16H24N2O4S/c1-22-12-13-5-7-15(8-6-13)16(19)18-9-3-4-14(11-18)10-17-23(2,20)21/h5-8,14,17H,3-4,9-12H2,1-2H3. The van der Waals surface area contributed by atoms with Crippen molar-refractivity contribution in [2.45, 2.75) is 19.4 Å². The highest BCUT2D eigenvalue weighted by Gasteiger charge is 2.25. The molecule has 1 atom stereocenters. The molecule has 23 heavy (non-hydrogen) atoms. The lowest BCUT2D eigenvalue weighted by atomic mass is 9.97. The first kappa shape index (κ1) is 17.9. The number of ether oxygens (including phenoxy) is 1. The van der Waals surface area contributed by atoms with Crippen LogP contribution in [0.25, 0.3) is 0 Å².